The molecule has 0 saturated heterocycles. The highest BCUT2D eigenvalue weighted by Gasteiger charge is 2.10. The van der Waals surface area contributed by atoms with Crippen LogP contribution in [0, 0.1) is 0 Å². The van der Waals surface area contributed by atoms with Gasteiger partial charge in [0.25, 0.3) is 5.91 Å². The van der Waals surface area contributed by atoms with E-state index >= 15 is 0 Å². The van der Waals surface area contributed by atoms with Crippen LogP contribution in [0.5, 0.6) is 5.75 Å². The predicted molar refractivity (Wildman–Crippen MR) is 119 cm³/mol. The van der Waals surface area contributed by atoms with Crippen molar-refractivity contribution in [3.8, 4) is 5.75 Å². The van der Waals surface area contributed by atoms with E-state index in [-0.39, 0.29) is 12.0 Å². The smallest absolute Gasteiger partial charge is 0.271 e. The minimum atomic E-state index is -0.304. The van der Waals surface area contributed by atoms with Gasteiger partial charge < -0.3 is 9.72 Å². The van der Waals surface area contributed by atoms with Crippen molar-refractivity contribution in [1.29, 1.82) is 0 Å². The van der Waals surface area contributed by atoms with Gasteiger partial charge in [0.05, 0.1) is 28.4 Å². The fraction of sp³-hybridized carbons (Fsp3) is 0.286. The third-order valence-electron chi connectivity index (χ3n) is 3.77. The Labute approximate surface area is 179 Å². The Morgan fingerprint density at radius 3 is 2.72 bits per heavy atom. The summed E-state index contributed by atoms with van der Waals surface area (Å²) in [5.41, 5.74) is 5.43. The number of carbonyl (C=O) groups is 1. The van der Waals surface area contributed by atoms with Crippen LogP contribution in [0.1, 0.15) is 43.6 Å². The fourth-order valence-electron chi connectivity index (χ4n) is 2.58. The van der Waals surface area contributed by atoms with Gasteiger partial charge in [0.2, 0.25) is 0 Å². The molecule has 1 heterocycles. The van der Waals surface area contributed by atoms with Crippen molar-refractivity contribution in [2.45, 2.75) is 44.2 Å². The number of hydrogen-bond acceptors (Lipinski definition) is 5. The second-order valence-electron chi connectivity index (χ2n) is 7.00. The van der Waals surface area contributed by atoms with Gasteiger partial charge in [-0.25, -0.2) is 10.4 Å². The zero-order valence-corrected chi connectivity index (χ0v) is 18.3. The van der Waals surface area contributed by atoms with Gasteiger partial charge in [0.15, 0.2) is 5.16 Å². The molecule has 0 spiro atoms. The number of benzene rings is 2. The molecule has 2 N–H and O–H groups in total. The fourth-order valence-corrected chi connectivity index (χ4v) is 3.58. The van der Waals surface area contributed by atoms with Crippen LogP contribution in [0.4, 0.5) is 0 Å². The molecule has 0 unspecified atom stereocenters. The highest BCUT2D eigenvalue weighted by atomic mass is 35.5. The van der Waals surface area contributed by atoms with E-state index in [1.165, 1.54) is 6.21 Å². The van der Waals surface area contributed by atoms with Crippen LogP contribution in [0.25, 0.3) is 11.0 Å². The van der Waals surface area contributed by atoms with Gasteiger partial charge in [0, 0.05) is 10.8 Å². The second-order valence-corrected chi connectivity index (χ2v) is 8.97. The Hall–Kier alpha value is -2.51. The van der Waals surface area contributed by atoms with Crippen molar-refractivity contribution in [1.82, 2.24) is 15.4 Å². The highest BCUT2D eigenvalue weighted by molar-refractivity contribution is 7.99. The van der Waals surface area contributed by atoms with E-state index < -0.39 is 0 Å². The number of ether oxygens (including phenoxy) is 1. The summed E-state index contributed by atoms with van der Waals surface area (Å²) in [6, 6.07) is 10.7. The summed E-state index contributed by atoms with van der Waals surface area (Å²) >= 11 is 7.86. The number of hydrogen-bond donors (Lipinski definition) is 2. The Morgan fingerprint density at radius 2 is 2.03 bits per heavy atom. The van der Waals surface area contributed by atoms with E-state index in [0.29, 0.717) is 21.6 Å². The van der Waals surface area contributed by atoms with Crippen LogP contribution in [-0.4, -0.2) is 33.4 Å². The molecule has 29 heavy (non-hydrogen) atoms. The summed E-state index contributed by atoms with van der Waals surface area (Å²) in [5.74, 6) is 0.312. The topological polar surface area (TPSA) is 79.4 Å². The monoisotopic (exact) mass is 430 g/mol. The molecule has 1 aromatic heterocycles. The number of nitrogens with zero attached hydrogens (tertiary/aromatic N) is 2. The van der Waals surface area contributed by atoms with Crippen LogP contribution < -0.4 is 10.2 Å². The molecule has 0 fully saturated rings. The first kappa shape index (κ1) is 21.2. The first-order valence-corrected chi connectivity index (χ1v) is 10.5. The summed E-state index contributed by atoms with van der Waals surface area (Å²) in [5, 5.41) is 5.78. The average Bonchev–Trinajstić information content (AvgIpc) is 3.04. The standard InChI is InChI=1S/C21H23ClN4O2S/c1-12(2)28-19-8-5-14(9-16(19)22)11-23-26-20(27)15-6-7-17-18(10-15)25-21(24-17)29-13(3)4/h5-13H,1-4H3,(H,24,25)(H,26,27)/b23-11-. The van der Waals surface area contributed by atoms with E-state index in [0.717, 1.165) is 21.8 Å². The molecule has 0 bridgehead atoms. The molecule has 0 radical (unpaired) electrons. The van der Waals surface area contributed by atoms with E-state index in [4.69, 9.17) is 16.3 Å². The van der Waals surface area contributed by atoms with Crippen LogP contribution in [0.2, 0.25) is 5.02 Å². The molecule has 3 aromatic rings. The largest absolute Gasteiger partial charge is 0.489 e. The lowest BCUT2D eigenvalue weighted by Gasteiger charge is -2.11. The zero-order valence-electron chi connectivity index (χ0n) is 16.7. The number of thioether (sulfide) groups is 1. The summed E-state index contributed by atoms with van der Waals surface area (Å²) in [6.07, 6.45) is 1.58. The summed E-state index contributed by atoms with van der Waals surface area (Å²) < 4.78 is 5.60. The predicted octanol–water partition coefficient (Wildman–Crippen LogP) is 5.27. The minimum Gasteiger partial charge on any atom is -0.489 e. The molecule has 0 aliphatic rings. The summed E-state index contributed by atoms with van der Waals surface area (Å²) in [6.45, 7) is 8.08. The highest BCUT2D eigenvalue weighted by Crippen LogP contribution is 2.26. The maximum atomic E-state index is 12.4. The Balaban J connectivity index is 1.66. The van der Waals surface area contributed by atoms with Crippen LogP contribution in [0.15, 0.2) is 46.7 Å². The Morgan fingerprint density at radius 1 is 1.24 bits per heavy atom. The molecule has 0 aliphatic heterocycles. The van der Waals surface area contributed by atoms with Gasteiger partial charge in [-0.2, -0.15) is 5.10 Å². The third kappa shape index (κ3) is 5.74. The van der Waals surface area contributed by atoms with Gasteiger partial charge in [-0.15, -0.1) is 0 Å². The molecule has 3 rings (SSSR count). The average molecular weight is 431 g/mol. The number of aromatic nitrogens is 2. The SMILES string of the molecule is CC(C)Oc1ccc(/C=N\NC(=O)c2ccc3nc(SC(C)C)[nH]c3c2)cc1Cl. The minimum absolute atomic E-state index is 0.0403. The van der Waals surface area contributed by atoms with Crippen LogP contribution >= 0.6 is 23.4 Å². The molecule has 2 aromatic carbocycles. The Kier molecular flexibility index (Phi) is 6.82. The van der Waals surface area contributed by atoms with Crippen molar-refractivity contribution in [3.63, 3.8) is 0 Å². The number of aromatic amines is 1. The molecule has 0 saturated carbocycles. The molecule has 0 aliphatic carbocycles. The molecular formula is C21H23ClN4O2S. The Bertz CT molecular complexity index is 1050. The van der Waals surface area contributed by atoms with E-state index in [1.807, 2.05) is 26.0 Å². The number of nitrogens with one attached hydrogen (secondary N) is 2. The van der Waals surface area contributed by atoms with Gasteiger partial charge in [0.1, 0.15) is 5.75 Å². The van der Waals surface area contributed by atoms with Gasteiger partial charge in [-0.3, -0.25) is 4.79 Å². The quantitative estimate of drug-likeness (QED) is 0.304. The molecule has 0 atom stereocenters. The number of amides is 1. The maximum absolute atomic E-state index is 12.4. The van der Waals surface area contributed by atoms with Crippen LogP contribution in [0.3, 0.4) is 0 Å². The number of hydrazone groups is 1. The van der Waals surface area contributed by atoms with Gasteiger partial charge >= 0.3 is 0 Å². The first-order valence-electron chi connectivity index (χ1n) is 9.28. The number of halogens is 1. The van der Waals surface area contributed by atoms with Crippen molar-refractivity contribution in [2.24, 2.45) is 5.10 Å². The van der Waals surface area contributed by atoms with E-state index in [2.05, 4.69) is 34.3 Å². The van der Waals surface area contributed by atoms with Crippen molar-refractivity contribution < 1.29 is 9.53 Å². The zero-order chi connectivity index (χ0) is 21.0. The van der Waals surface area contributed by atoms with Crippen molar-refractivity contribution in [2.75, 3.05) is 0 Å². The number of imidazole rings is 1. The molecule has 152 valence electrons. The van der Waals surface area contributed by atoms with Crippen molar-refractivity contribution in [3.05, 3.63) is 52.5 Å². The molecule has 6 nitrogen and oxygen atoms in total. The lowest BCUT2D eigenvalue weighted by Crippen LogP contribution is -2.17. The number of rotatable bonds is 7. The lowest BCUT2D eigenvalue weighted by molar-refractivity contribution is 0.0955. The normalized spacial score (nSPS) is 11.7. The number of H-pyrrole nitrogens is 1. The van der Waals surface area contributed by atoms with E-state index in [1.54, 1.807) is 36.0 Å². The van der Waals surface area contributed by atoms with E-state index in [9.17, 15) is 4.79 Å². The molecule has 1 amide bonds. The third-order valence-corrected chi connectivity index (χ3v) is 4.95. The van der Waals surface area contributed by atoms with Gasteiger partial charge in [-0.05, 0) is 55.8 Å². The van der Waals surface area contributed by atoms with Gasteiger partial charge in [-0.1, -0.05) is 37.2 Å². The lowest BCUT2D eigenvalue weighted by atomic mass is 10.2. The summed E-state index contributed by atoms with van der Waals surface area (Å²) in [4.78, 5) is 20.1. The molecule has 8 heteroatoms. The van der Waals surface area contributed by atoms with Crippen molar-refractivity contribution >= 4 is 46.5 Å². The molecular weight excluding hydrogens is 408 g/mol. The first-order chi connectivity index (χ1) is 13.8. The maximum Gasteiger partial charge on any atom is 0.271 e. The second kappa shape index (κ2) is 9.33. The number of carbonyl (C=O) groups excluding carboxylic acids is 1. The number of fused-ring (bicyclic) bond motifs is 1. The summed E-state index contributed by atoms with van der Waals surface area (Å²) in [7, 11) is 0. The van der Waals surface area contributed by atoms with Crippen LogP contribution in [-0.2, 0) is 0 Å².